The summed E-state index contributed by atoms with van der Waals surface area (Å²) in [6.07, 6.45) is 1.15. The predicted molar refractivity (Wildman–Crippen MR) is 77.9 cm³/mol. The molecule has 0 heterocycles. The van der Waals surface area contributed by atoms with Crippen LogP contribution in [0, 0.1) is 12.8 Å². The first-order chi connectivity index (χ1) is 8.65. The maximum Gasteiger partial charge on any atom is 0.0661 e. The van der Waals surface area contributed by atoms with E-state index in [0.717, 1.165) is 26.2 Å². The molecular weight excluding hydrogens is 222 g/mol. The fourth-order valence-corrected chi connectivity index (χ4v) is 1.98. The van der Waals surface area contributed by atoms with Crippen molar-refractivity contribution in [1.29, 1.82) is 0 Å². The number of nitrogens with one attached hydrogen (secondary N) is 1. The molecule has 102 valence electrons. The summed E-state index contributed by atoms with van der Waals surface area (Å²) in [4.78, 5) is 0. The van der Waals surface area contributed by atoms with Crippen LogP contribution in [0.1, 0.15) is 44.4 Å². The second-order valence-electron chi connectivity index (χ2n) is 5.29. The Labute approximate surface area is 112 Å². The van der Waals surface area contributed by atoms with Crippen LogP contribution in [-0.4, -0.2) is 19.8 Å². The van der Waals surface area contributed by atoms with Crippen molar-refractivity contribution in [3.8, 4) is 0 Å². The molecule has 0 saturated heterocycles. The highest BCUT2D eigenvalue weighted by Crippen LogP contribution is 2.18. The monoisotopic (exact) mass is 249 g/mol. The third-order valence-corrected chi connectivity index (χ3v) is 2.94. The summed E-state index contributed by atoms with van der Waals surface area (Å²) in [5.41, 5.74) is 2.69. The van der Waals surface area contributed by atoms with Crippen LogP contribution in [-0.2, 0) is 4.74 Å². The van der Waals surface area contributed by atoms with Gasteiger partial charge in [-0.1, -0.05) is 45.0 Å². The largest absolute Gasteiger partial charge is 0.379 e. The first-order valence-electron chi connectivity index (χ1n) is 7.01. The third kappa shape index (κ3) is 5.19. The number of benzene rings is 1. The fraction of sp³-hybridized carbons (Fsp3) is 0.625. The Kier molecular flexibility index (Phi) is 6.99. The molecule has 1 aromatic rings. The minimum atomic E-state index is 0.310. The van der Waals surface area contributed by atoms with Crippen LogP contribution < -0.4 is 5.32 Å². The van der Waals surface area contributed by atoms with Crippen molar-refractivity contribution < 1.29 is 4.74 Å². The maximum atomic E-state index is 5.80. The van der Waals surface area contributed by atoms with Gasteiger partial charge >= 0.3 is 0 Å². The molecule has 0 amide bonds. The van der Waals surface area contributed by atoms with Crippen LogP contribution in [0.4, 0.5) is 0 Å². The molecule has 2 nitrogen and oxygen atoms in total. The molecule has 0 aliphatic heterocycles. The number of ether oxygens (including phenoxy) is 1. The van der Waals surface area contributed by atoms with Crippen molar-refractivity contribution in [1.82, 2.24) is 5.32 Å². The van der Waals surface area contributed by atoms with E-state index >= 15 is 0 Å². The fourth-order valence-electron chi connectivity index (χ4n) is 1.98. The minimum Gasteiger partial charge on any atom is -0.379 e. The van der Waals surface area contributed by atoms with E-state index < -0.39 is 0 Å². The lowest BCUT2D eigenvalue weighted by Crippen LogP contribution is -2.27. The zero-order chi connectivity index (χ0) is 13.4. The van der Waals surface area contributed by atoms with Crippen molar-refractivity contribution in [2.45, 2.75) is 40.2 Å². The van der Waals surface area contributed by atoms with E-state index in [1.54, 1.807) is 0 Å². The predicted octanol–water partition coefficient (Wildman–Crippen LogP) is 3.71. The molecule has 0 spiro atoms. The second-order valence-corrected chi connectivity index (χ2v) is 5.29. The molecule has 0 aliphatic carbocycles. The molecule has 1 rings (SSSR count). The SMILES string of the molecule is CCCNC(COCC(C)C)c1ccccc1C. The van der Waals surface area contributed by atoms with E-state index in [9.17, 15) is 0 Å². The quantitative estimate of drug-likeness (QED) is 0.758. The number of rotatable bonds is 8. The molecule has 1 aromatic carbocycles. The highest BCUT2D eigenvalue weighted by atomic mass is 16.5. The zero-order valence-electron chi connectivity index (χ0n) is 12.2. The number of aryl methyl sites for hydroxylation is 1. The van der Waals surface area contributed by atoms with Crippen LogP contribution in [0.5, 0.6) is 0 Å². The van der Waals surface area contributed by atoms with E-state index in [-0.39, 0.29) is 0 Å². The van der Waals surface area contributed by atoms with Crippen molar-refractivity contribution in [2.75, 3.05) is 19.8 Å². The molecule has 1 atom stereocenters. The molecule has 1 N–H and O–H groups in total. The summed E-state index contributed by atoms with van der Waals surface area (Å²) < 4.78 is 5.80. The van der Waals surface area contributed by atoms with E-state index in [2.05, 4.69) is 57.3 Å². The standard InChI is InChI=1S/C16H27NO/c1-5-10-17-16(12-18-11-13(2)3)15-9-7-6-8-14(15)4/h6-9,13,16-17H,5,10-12H2,1-4H3. The van der Waals surface area contributed by atoms with Gasteiger partial charge in [0.1, 0.15) is 0 Å². The van der Waals surface area contributed by atoms with Gasteiger partial charge in [0, 0.05) is 6.61 Å². The summed E-state index contributed by atoms with van der Waals surface area (Å²) in [6, 6.07) is 8.86. The molecule has 0 saturated carbocycles. The molecule has 0 radical (unpaired) electrons. The Hall–Kier alpha value is -0.860. The normalized spacial score (nSPS) is 12.9. The molecule has 0 fully saturated rings. The highest BCUT2D eigenvalue weighted by molar-refractivity contribution is 5.28. The maximum absolute atomic E-state index is 5.80. The van der Waals surface area contributed by atoms with Gasteiger partial charge in [0.25, 0.3) is 0 Å². The summed E-state index contributed by atoms with van der Waals surface area (Å²) in [5, 5.41) is 3.58. The van der Waals surface area contributed by atoms with E-state index in [0.29, 0.717) is 12.0 Å². The van der Waals surface area contributed by atoms with Crippen LogP contribution >= 0.6 is 0 Å². The molecule has 1 unspecified atom stereocenters. The number of hydrogen-bond donors (Lipinski definition) is 1. The molecular formula is C16H27NO. The summed E-state index contributed by atoms with van der Waals surface area (Å²) in [7, 11) is 0. The van der Waals surface area contributed by atoms with Gasteiger partial charge in [0.05, 0.1) is 12.6 Å². The van der Waals surface area contributed by atoms with Gasteiger partial charge in [-0.3, -0.25) is 0 Å². The Morgan fingerprint density at radius 2 is 1.89 bits per heavy atom. The average Bonchev–Trinajstić information content (AvgIpc) is 2.34. The van der Waals surface area contributed by atoms with Crippen molar-refractivity contribution in [3.63, 3.8) is 0 Å². The van der Waals surface area contributed by atoms with Gasteiger partial charge in [-0.25, -0.2) is 0 Å². The third-order valence-electron chi connectivity index (χ3n) is 2.94. The lowest BCUT2D eigenvalue weighted by atomic mass is 10.0. The highest BCUT2D eigenvalue weighted by Gasteiger charge is 2.12. The lowest BCUT2D eigenvalue weighted by molar-refractivity contribution is 0.0900. The average molecular weight is 249 g/mol. The summed E-state index contributed by atoms with van der Waals surface area (Å²) in [6.45, 7) is 11.3. The van der Waals surface area contributed by atoms with Gasteiger partial charge in [0.2, 0.25) is 0 Å². The molecule has 18 heavy (non-hydrogen) atoms. The second kappa shape index (κ2) is 8.28. The van der Waals surface area contributed by atoms with Crippen LogP contribution in [0.15, 0.2) is 24.3 Å². The minimum absolute atomic E-state index is 0.310. The first-order valence-corrected chi connectivity index (χ1v) is 7.01. The van der Waals surface area contributed by atoms with Gasteiger partial charge in [-0.15, -0.1) is 0 Å². The van der Waals surface area contributed by atoms with Crippen LogP contribution in [0.2, 0.25) is 0 Å². The number of hydrogen-bond acceptors (Lipinski definition) is 2. The Morgan fingerprint density at radius 1 is 1.17 bits per heavy atom. The van der Waals surface area contributed by atoms with Crippen LogP contribution in [0.3, 0.4) is 0 Å². The Bertz CT molecular complexity index is 336. The lowest BCUT2D eigenvalue weighted by Gasteiger charge is -2.21. The zero-order valence-corrected chi connectivity index (χ0v) is 12.2. The van der Waals surface area contributed by atoms with Gasteiger partial charge in [-0.05, 0) is 36.9 Å². The van der Waals surface area contributed by atoms with Gasteiger partial charge in [-0.2, -0.15) is 0 Å². The van der Waals surface area contributed by atoms with Gasteiger partial charge in [0.15, 0.2) is 0 Å². The van der Waals surface area contributed by atoms with Crippen molar-refractivity contribution in [2.24, 2.45) is 5.92 Å². The van der Waals surface area contributed by atoms with Gasteiger partial charge < -0.3 is 10.1 Å². The molecule has 0 bridgehead atoms. The van der Waals surface area contributed by atoms with E-state index in [4.69, 9.17) is 4.74 Å². The van der Waals surface area contributed by atoms with Crippen LogP contribution in [0.25, 0.3) is 0 Å². The molecule has 0 aliphatic rings. The molecule has 0 aromatic heterocycles. The smallest absolute Gasteiger partial charge is 0.0661 e. The van der Waals surface area contributed by atoms with Crippen molar-refractivity contribution >= 4 is 0 Å². The Balaban J connectivity index is 2.62. The topological polar surface area (TPSA) is 21.3 Å². The summed E-state index contributed by atoms with van der Waals surface area (Å²) >= 11 is 0. The Morgan fingerprint density at radius 3 is 2.50 bits per heavy atom. The first kappa shape index (κ1) is 15.2. The van der Waals surface area contributed by atoms with E-state index in [1.807, 2.05) is 0 Å². The molecule has 2 heteroatoms. The summed E-state index contributed by atoms with van der Waals surface area (Å²) in [5.74, 6) is 0.591. The van der Waals surface area contributed by atoms with Crippen molar-refractivity contribution in [3.05, 3.63) is 35.4 Å². The van der Waals surface area contributed by atoms with E-state index in [1.165, 1.54) is 11.1 Å².